The van der Waals surface area contributed by atoms with Crippen molar-refractivity contribution >= 4 is 18.5 Å². The Kier molecular flexibility index (Phi) is 6.74. The van der Waals surface area contributed by atoms with Crippen LogP contribution in [0.15, 0.2) is 0 Å². The van der Waals surface area contributed by atoms with E-state index in [-0.39, 0.29) is 12.5 Å². The van der Waals surface area contributed by atoms with Crippen molar-refractivity contribution in [2.75, 3.05) is 18.8 Å². The maximum Gasteiger partial charge on any atom is 0.233 e. The van der Waals surface area contributed by atoms with Crippen molar-refractivity contribution in [2.45, 2.75) is 12.8 Å². The number of hydrogen-bond donors (Lipinski definition) is 3. The lowest BCUT2D eigenvalue weighted by Crippen LogP contribution is -2.30. The molecule has 0 aliphatic heterocycles. The predicted octanol–water partition coefficient (Wildman–Crippen LogP) is -0.229. The number of carbonyl (C=O) groups excluding carboxylic acids is 1. The van der Waals surface area contributed by atoms with Crippen LogP contribution in [0.4, 0.5) is 0 Å². The predicted molar refractivity (Wildman–Crippen MR) is 45.2 cm³/mol. The highest BCUT2D eigenvalue weighted by Gasteiger charge is 1.93. The van der Waals surface area contributed by atoms with Gasteiger partial charge in [0.15, 0.2) is 0 Å². The second kappa shape index (κ2) is 6.89. The molecule has 60 valence electrons. The Morgan fingerprint density at radius 1 is 1.50 bits per heavy atom. The van der Waals surface area contributed by atoms with Gasteiger partial charge in [0.1, 0.15) is 0 Å². The van der Waals surface area contributed by atoms with Crippen LogP contribution in [0.1, 0.15) is 12.8 Å². The first-order valence-corrected chi connectivity index (χ1v) is 4.02. The van der Waals surface area contributed by atoms with E-state index in [2.05, 4.69) is 17.9 Å². The van der Waals surface area contributed by atoms with Gasteiger partial charge >= 0.3 is 0 Å². The number of nitrogens with one attached hydrogen (secondary N) is 1. The lowest BCUT2D eigenvalue weighted by molar-refractivity contribution is -0.119. The summed E-state index contributed by atoms with van der Waals surface area (Å²) in [7, 11) is 0. The molecule has 0 saturated carbocycles. The second-order valence-electron chi connectivity index (χ2n) is 1.98. The molecule has 0 unspecified atom stereocenters. The van der Waals surface area contributed by atoms with Crippen LogP contribution in [-0.4, -0.2) is 24.7 Å². The van der Waals surface area contributed by atoms with Crippen LogP contribution in [0.3, 0.4) is 0 Å². The minimum absolute atomic E-state index is 0.0841. The Labute approximate surface area is 66.8 Å². The van der Waals surface area contributed by atoms with E-state index in [1.165, 1.54) is 0 Å². The fourth-order valence-corrected chi connectivity index (χ4v) is 0.760. The van der Waals surface area contributed by atoms with E-state index >= 15 is 0 Å². The Bertz CT molecular complexity index is 97.7. The van der Waals surface area contributed by atoms with Crippen LogP contribution >= 0.6 is 12.6 Å². The number of amides is 1. The summed E-state index contributed by atoms with van der Waals surface area (Å²) in [6, 6.07) is 0. The van der Waals surface area contributed by atoms with Crippen LogP contribution in [0.2, 0.25) is 0 Å². The topological polar surface area (TPSA) is 55.1 Å². The molecule has 0 bridgehead atoms. The van der Waals surface area contributed by atoms with Crippen LogP contribution < -0.4 is 11.1 Å². The SMILES string of the molecule is NCC(=O)NCCCCS. The zero-order valence-electron chi connectivity index (χ0n) is 5.97. The zero-order valence-corrected chi connectivity index (χ0v) is 6.86. The van der Waals surface area contributed by atoms with Gasteiger partial charge in [-0.15, -0.1) is 0 Å². The summed E-state index contributed by atoms with van der Waals surface area (Å²) in [5, 5.41) is 2.67. The van der Waals surface area contributed by atoms with E-state index < -0.39 is 0 Å². The maximum atomic E-state index is 10.5. The Balaban J connectivity index is 2.96. The molecular formula is C6H14N2OS. The highest BCUT2D eigenvalue weighted by molar-refractivity contribution is 7.80. The maximum absolute atomic E-state index is 10.5. The van der Waals surface area contributed by atoms with Crippen molar-refractivity contribution in [3.05, 3.63) is 0 Å². The van der Waals surface area contributed by atoms with Gasteiger partial charge in [0.05, 0.1) is 6.54 Å². The van der Waals surface area contributed by atoms with E-state index in [1.54, 1.807) is 0 Å². The summed E-state index contributed by atoms with van der Waals surface area (Å²) in [5.41, 5.74) is 5.06. The quantitative estimate of drug-likeness (QED) is 0.386. The molecule has 3 N–H and O–H groups in total. The average Bonchev–Trinajstić information content (AvgIpc) is 1.98. The van der Waals surface area contributed by atoms with Crippen molar-refractivity contribution < 1.29 is 4.79 Å². The minimum Gasteiger partial charge on any atom is -0.355 e. The standard InChI is InChI=1S/C6H14N2OS/c7-5-6(9)8-3-1-2-4-10/h10H,1-5,7H2,(H,8,9). The largest absolute Gasteiger partial charge is 0.355 e. The number of hydrogen-bond acceptors (Lipinski definition) is 3. The molecule has 0 fully saturated rings. The van der Waals surface area contributed by atoms with Gasteiger partial charge in [0.2, 0.25) is 5.91 Å². The van der Waals surface area contributed by atoms with Crippen molar-refractivity contribution in [1.82, 2.24) is 5.32 Å². The van der Waals surface area contributed by atoms with Gasteiger partial charge < -0.3 is 11.1 Å². The fraction of sp³-hybridized carbons (Fsp3) is 0.833. The molecule has 0 aromatic carbocycles. The molecule has 0 aromatic heterocycles. The van der Waals surface area contributed by atoms with Crippen LogP contribution in [0.5, 0.6) is 0 Å². The Hall–Kier alpha value is -0.220. The first kappa shape index (κ1) is 9.78. The van der Waals surface area contributed by atoms with Gasteiger partial charge in [-0.3, -0.25) is 4.79 Å². The summed E-state index contributed by atoms with van der Waals surface area (Å²) < 4.78 is 0. The molecule has 0 heterocycles. The highest BCUT2D eigenvalue weighted by atomic mass is 32.1. The molecule has 0 aliphatic rings. The number of thiol groups is 1. The molecule has 0 radical (unpaired) electrons. The Morgan fingerprint density at radius 3 is 2.70 bits per heavy atom. The average molecular weight is 162 g/mol. The third-order valence-corrected chi connectivity index (χ3v) is 1.41. The molecule has 1 amide bonds. The summed E-state index contributed by atoms with van der Waals surface area (Å²) in [5.74, 6) is 0.789. The summed E-state index contributed by atoms with van der Waals surface area (Å²) in [6.45, 7) is 0.803. The van der Waals surface area contributed by atoms with Gasteiger partial charge in [-0.2, -0.15) is 12.6 Å². The summed E-state index contributed by atoms with van der Waals surface area (Å²) in [6.07, 6.45) is 2.02. The molecule has 0 spiro atoms. The molecule has 0 saturated heterocycles. The molecule has 4 heteroatoms. The first-order valence-electron chi connectivity index (χ1n) is 3.39. The third kappa shape index (κ3) is 5.91. The zero-order chi connectivity index (χ0) is 7.82. The molecule has 0 aromatic rings. The molecule has 0 rings (SSSR count). The van der Waals surface area contributed by atoms with E-state index in [1.807, 2.05) is 0 Å². The van der Waals surface area contributed by atoms with E-state index in [9.17, 15) is 4.79 Å². The Morgan fingerprint density at radius 2 is 2.20 bits per heavy atom. The second-order valence-corrected chi connectivity index (χ2v) is 2.43. The third-order valence-electron chi connectivity index (χ3n) is 1.09. The van der Waals surface area contributed by atoms with Crippen molar-refractivity contribution in [3.63, 3.8) is 0 Å². The molecule has 0 aliphatic carbocycles. The monoisotopic (exact) mass is 162 g/mol. The number of nitrogens with two attached hydrogens (primary N) is 1. The van der Waals surface area contributed by atoms with E-state index in [0.717, 1.165) is 25.1 Å². The number of carbonyl (C=O) groups is 1. The van der Waals surface area contributed by atoms with Crippen molar-refractivity contribution in [1.29, 1.82) is 0 Å². The number of rotatable bonds is 5. The van der Waals surface area contributed by atoms with E-state index in [4.69, 9.17) is 5.73 Å². The lowest BCUT2D eigenvalue weighted by Gasteiger charge is -2.00. The molecule has 0 atom stereocenters. The normalized spacial score (nSPS) is 9.40. The van der Waals surface area contributed by atoms with Crippen molar-refractivity contribution in [2.24, 2.45) is 5.73 Å². The minimum atomic E-state index is -0.0841. The molecular weight excluding hydrogens is 148 g/mol. The summed E-state index contributed by atoms with van der Waals surface area (Å²) in [4.78, 5) is 10.5. The van der Waals surface area contributed by atoms with Gasteiger partial charge in [0.25, 0.3) is 0 Å². The van der Waals surface area contributed by atoms with Gasteiger partial charge in [0, 0.05) is 6.54 Å². The first-order chi connectivity index (χ1) is 4.81. The van der Waals surface area contributed by atoms with Crippen LogP contribution in [-0.2, 0) is 4.79 Å². The van der Waals surface area contributed by atoms with Gasteiger partial charge in [-0.25, -0.2) is 0 Å². The highest BCUT2D eigenvalue weighted by Crippen LogP contribution is 1.88. The summed E-state index contributed by atoms with van der Waals surface area (Å²) >= 11 is 4.03. The molecule has 10 heavy (non-hydrogen) atoms. The molecule has 3 nitrogen and oxygen atoms in total. The van der Waals surface area contributed by atoms with Crippen LogP contribution in [0, 0.1) is 0 Å². The smallest absolute Gasteiger partial charge is 0.233 e. The van der Waals surface area contributed by atoms with Crippen LogP contribution in [0.25, 0.3) is 0 Å². The number of unbranched alkanes of at least 4 members (excludes halogenated alkanes) is 1. The van der Waals surface area contributed by atoms with Crippen molar-refractivity contribution in [3.8, 4) is 0 Å². The van der Waals surface area contributed by atoms with E-state index in [0.29, 0.717) is 0 Å². The lowest BCUT2D eigenvalue weighted by atomic mass is 10.3. The van der Waals surface area contributed by atoms with Gasteiger partial charge in [-0.05, 0) is 18.6 Å². The van der Waals surface area contributed by atoms with Gasteiger partial charge in [-0.1, -0.05) is 0 Å². The fourth-order valence-electron chi connectivity index (χ4n) is 0.537.